The van der Waals surface area contributed by atoms with E-state index >= 15 is 0 Å². The van der Waals surface area contributed by atoms with Gasteiger partial charge < -0.3 is 18.6 Å². The maximum atomic E-state index is 14.0. The second kappa shape index (κ2) is 11.9. The number of hydrogen-bond donors (Lipinski definition) is 0. The Kier molecular flexibility index (Phi) is 8.47. The van der Waals surface area contributed by atoms with Crippen molar-refractivity contribution in [2.45, 2.75) is 19.9 Å². The molecule has 5 rings (SSSR count). The number of esters is 1. The first-order chi connectivity index (χ1) is 19.7. The fourth-order valence-corrected chi connectivity index (χ4v) is 6.63. The second-order valence-corrected chi connectivity index (χ2v) is 11.6. The number of carbonyl (C=O) groups is 1. The first-order valence-corrected chi connectivity index (χ1v) is 14.7. The van der Waals surface area contributed by atoms with E-state index in [-0.39, 0.29) is 17.7 Å². The van der Waals surface area contributed by atoms with Crippen LogP contribution in [0, 0.1) is 0 Å². The number of nitrogens with zero attached hydrogens (tertiary/aromatic N) is 2. The van der Waals surface area contributed by atoms with E-state index in [1.54, 1.807) is 62.4 Å². The molecule has 12 heteroatoms. The molecule has 0 saturated heterocycles. The number of rotatable bonds is 7. The average Bonchev–Trinajstić information content (AvgIpc) is 3.51. The Morgan fingerprint density at radius 1 is 1.15 bits per heavy atom. The third kappa shape index (κ3) is 5.49. The van der Waals surface area contributed by atoms with Crippen LogP contribution in [0.15, 0.2) is 72.4 Å². The van der Waals surface area contributed by atoms with Gasteiger partial charge in [-0.25, -0.2) is 9.79 Å². The van der Waals surface area contributed by atoms with Gasteiger partial charge in [-0.15, -0.1) is 0 Å². The van der Waals surface area contributed by atoms with Crippen LogP contribution >= 0.6 is 50.5 Å². The summed E-state index contributed by atoms with van der Waals surface area (Å²) >= 11 is 17.2. The zero-order valence-corrected chi connectivity index (χ0v) is 26.2. The standard InChI is InChI=1S/C29H23BrCl2N2O6S/c1-5-39-28(36)25-14(2)33-29-34(26(25)18-12-22(37-3)23(38-4)13-19(18)30)27(35)24(41-29)11-16-7-9-21(40-16)17-8-6-15(31)10-20(17)32/h6-13,26H,5H2,1-4H3/b24-11-/t26-/m0/s1. The lowest BCUT2D eigenvalue weighted by Gasteiger charge is -2.26. The number of thiazole rings is 1. The van der Waals surface area contributed by atoms with Crippen molar-refractivity contribution in [3.8, 4) is 22.8 Å². The predicted octanol–water partition coefficient (Wildman–Crippen LogP) is 6.14. The monoisotopic (exact) mass is 676 g/mol. The Hall–Kier alpha value is -3.31. The smallest absolute Gasteiger partial charge is 0.338 e. The van der Waals surface area contributed by atoms with Gasteiger partial charge in [0.2, 0.25) is 0 Å². The van der Waals surface area contributed by atoms with Gasteiger partial charge in [-0.3, -0.25) is 9.36 Å². The summed E-state index contributed by atoms with van der Waals surface area (Å²) in [6, 6.07) is 11.3. The minimum Gasteiger partial charge on any atom is -0.493 e. The Morgan fingerprint density at radius 3 is 2.56 bits per heavy atom. The molecule has 4 aromatic rings. The zero-order valence-electron chi connectivity index (χ0n) is 22.3. The van der Waals surface area contributed by atoms with Crippen LogP contribution < -0.4 is 24.4 Å². The summed E-state index contributed by atoms with van der Waals surface area (Å²) in [5.74, 6) is 1.34. The predicted molar refractivity (Wildman–Crippen MR) is 162 cm³/mol. The lowest BCUT2D eigenvalue weighted by Crippen LogP contribution is -2.40. The van der Waals surface area contributed by atoms with Crippen molar-refractivity contribution in [3.05, 3.63) is 99.3 Å². The molecular formula is C29H23BrCl2N2O6S. The number of allylic oxidation sites excluding steroid dienone is 1. The van der Waals surface area contributed by atoms with Crippen LogP contribution in [-0.4, -0.2) is 31.4 Å². The first-order valence-electron chi connectivity index (χ1n) is 12.3. The maximum absolute atomic E-state index is 14.0. The van der Waals surface area contributed by atoms with E-state index in [1.807, 2.05) is 0 Å². The van der Waals surface area contributed by atoms with Crippen LogP contribution in [0.5, 0.6) is 11.5 Å². The van der Waals surface area contributed by atoms with E-state index in [2.05, 4.69) is 20.9 Å². The normalized spacial score (nSPS) is 15.0. The molecule has 1 atom stereocenters. The third-order valence-electron chi connectivity index (χ3n) is 6.41. The van der Waals surface area contributed by atoms with Crippen LogP contribution in [0.4, 0.5) is 0 Å². The summed E-state index contributed by atoms with van der Waals surface area (Å²) in [5.41, 5.74) is 1.62. The first kappa shape index (κ1) is 29.2. The Bertz CT molecular complexity index is 1890. The fourth-order valence-electron chi connectivity index (χ4n) is 4.56. The molecule has 0 unspecified atom stereocenters. The highest BCUT2D eigenvalue weighted by Gasteiger charge is 2.35. The van der Waals surface area contributed by atoms with E-state index in [1.165, 1.54) is 30.1 Å². The van der Waals surface area contributed by atoms with Crippen molar-refractivity contribution in [2.24, 2.45) is 4.99 Å². The van der Waals surface area contributed by atoms with Gasteiger partial charge in [-0.2, -0.15) is 0 Å². The quantitative estimate of drug-likeness (QED) is 0.218. The largest absolute Gasteiger partial charge is 0.493 e. The number of ether oxygens (including phenoxy) is 3. The summed E-state index contributed by atoms with van der Waals surface area (Å²) in [7, 11) is 3.05. The number of carbonyl (C=O) groups excluding carboxylic acids is 1. The summed E-state index contributed by atoms with van der Waals surface area (Å²) in [4.78, 5) is 32.2. The van der Waals surface area contributed by atoms with E-state index in [0.29, 0.717) is 63.7 Å². The molecule has 1 aliphatic rings. The fraction of sp³-hybridized carbons (Fsp3) is 0.207. The van der Waals surface area contributed by atoms with Crippen LogP contribution in [0.2, 0.25) is 10.0 Å². The Balaban J connectivity index is 1.68. The van der Waals surface area contributed by atoms with Gasteiger partial charge >= 0.3 is 5.97 Å². The van der Waals surface area contributed by atoms with Crippen molar-refractivity contribution in [3.63, 3.8) is 0 Å². The number of aromatic nitrogens is 1. The molecular weight excluding hydrogens is 655 g/mol. The highest BCUT2D eigenvalue weighted by atomic mass is 79.9. The molecule has 2 aromatic heterocycles. The van der Waals surface area contributed by atoms with E-state index < -0.39 is 12.0 Å². The molecule has 0 aliphatic carbocycles. The maximum Gasteiger partial charge on any atom is 0.338 e. The molecule has 0 amide bonds. The van der Waals surface area contributed by atoms with Crippen molar-refractivity contribution < 1.29 is 23.4 Å². The van der Waals surface area contributed by atoms with Crippen molar-refractivity contribution in [1.82, 2.24) is 4.57 Å². The van der Waals surface area contributed by atoms with Crippen molar-refractivity contribution in [2.75, 3.05) is 20.8 Å². The van der Waals surface area contributed by atoms with E-state index in [4.69, 9.17) is 41.8 Å². The topological polar surface area (TPSA) is 92.3 Å². The molecule has 0 bridgehead atoms. The number of fused-ring (bicyclic) bond motifs is 1. The summed E-state index contributed by atoms with van der Waals surface area (Å²) < 4.78 is 24.8. The average molecular weight is 678 g/mol. The Labute approximate surface area is 257 Å². The van der Waals surface area contributed by atoms with Crippen LogP contribution in [0.1, 0.15) is 31.2 Å². The Morgan fingerprint density at radius 2 is 1.88 bits per heavy atom. The van der Waals surface area contributed by atoms with Gasteiger partial charge in [-0.05, 0) is 61.9 Å². The minimum atomic E-state index is -0.846. The van der Waals surface area contributed by atoms with Crippen LogP contribution in [-0.2, 0) is 9.53 Å². The van der Waals surface area contributed by atoms with Gasteiger partial charge in [0.05, 0.1) is 47.7 Å². The highest BCUT2D eigenvalue weighted by Crippen LogP contribution is 2.41. The molecule has 3 heterocycles. The number of hydrogen-bond acceptors (Lipinski definition) is 8. The number of furan rings is 1. The molecule has 41 heavy (non-hydrogen) atoms. The van der Waals surface area contributed by atoms with Gasteiger partial charge in [0.25, 0.3) is 5.56 Å². The zero-order chi connectivity index (χ0) is 29.4. The molecule has 212 valence electrons. The number of methoxy groups -OCH3 is 2. The molecule has 0 spiro atoms. The lowest BCUT2D eigenvalue weighted by molar-refractivity contribution is -0.139. The molecule has 2 aromatic carbocycles. The minimum absolute atomic E-state index is 0.165. The van der Waals surface area contributed by atoms with Crippen LogP contribution in [0.3, 0.4) is 0 Å². The third-order valence-corrected chi connectivity index (χ3v) is 8.63. The van der Waals surface area contributed by atoms with Gasteiger partial charge in [0, 0.05) is 21.1 Å². The molecule has 1 aliphatic heterocycles. The molecule has 0 N–H and O–H groups in total. The molecule has 8 nitrogen and oxygen atoms in total. The molecule has 0 fully saturated rings. The number of halogens is 3. The summed E-state index contributed by atoms with van der Waals surface area (Å²) in [5, 5.41) is 0.958. The van der Waals surface area contributed by atoms with E-state index in [0.717, 1.165) is 0 Å². The highest BCUT2D eigenvalue weighted by molar-refractivity contribution is 9.10. The van der Waals surface area contributed by atoms with Crippen molar-refractivity contribution in [1.29, 1.82) is 0 Å². The SMILES string of the molecule is CCOC(=O)C1=C(C)N=c2s/c(=C\c3ccc(-c4ccc(Cl)cc4Cl)o3)c(=O)n2[C@H]1c1cc(OC)c(OC)cc1Br. The molecule has 0 saturated carbocycles. The van der Waals surface area contributed by atoms with Crippen LogP contribution in [0.25, 0.3) is 17.4 Å². The van der Waals surface area contributed by atoms with Crippen molar-refractivity contribution >= 4 is 62.5 Å². The van der Waals surface area contributed by atoms with Gasteiger partial charge in [0.15, 0.2) is 16.3 Å². The summed E-state index contributed by atoms with van der Waals surface area (Å²) in [6.07, 6.45) is 1.64. The summed E-state index contributed by atoms with van der Waals surface area (Å²) in [6.45, 7) is 3.61. The molecule has 0 radical (unpaired) electrons. The van der Waals surface area contributed by atoms with E-state index in [9.17, 15) is 9.59 Å². The lowest BCUT2D eigenvalue weighted by atomic mass is 9.95. The van der Waals surface area contributed by atoms with Gasteiger partial charge in [0.1, 0.15) is 11.5 Å². The number of benzene rings is 2. The second-order valence-electron chi connectivity index (χ2n) is 8.86. The van der Waals surface area contributed by atoms with Gasteiger partial charge in [-0.1, -0.05) is 50.5 Å².